The van der Waals surface area contributed by atoms with Crippen LogP contribution in [0.2, 0.25) is 0 Å². The van der Waals surface area contributed by atoms with E-state index in [4.69, 9.17) is 9.97 Å². The Bertz CT molecular complexity index is 2860. The minimum absolute atomic E-state index is 0.0227. The lowest BCUT2D eigenvalue weighted by Gasteiger charge is -2.26. The van der Waals surface area contributed by atoms with Crippen molar-refractivity contribution in [3.8, 4) is 78.5 Å². The lowest BCUT2D eigenvalue weighted by Crippen LogP contribution is -2.16. The zero-order valence-electron chi connectivity index (χ0n) is 39.7. The van der Waals surface area contributed by atoms with Crippen LogP contribution in [-0.2, 0) is 21.7 Å². The van der Waals surface area contributed by atoms with Gasteiger partial charge in [-0.15, -0.1) is 0 Å². The van der Waals surface area contributed by atoms with Gasteiger partial charge in [0, 0.05) is 52.6 Å². The Hall–Kier alpha value is -6.59. The van der Waals surface area contributed by atoms with Gasteiger partial charge in [-0.2, -0.15) is 0 Å². The van der Waals surface area contributed by atoms with E-state index in [9.17, 15) is 0 Å². The van der Waals surface area contributed by atoms with E-state index in [1.54, 1.807) is 18.6 Å². The van der Waals surface area contributed by atoms with Gasteiger partial charge in [0.05, 0.1) is 23.3 Å². The number of benzene rings is 5. The molecule has 0 aliphatic heterocycles. The van der Waals surface area contributed by atoms with Crippen LogP contribution in [0.4, 0.5) is 0 Å². The molecule has 0 aliphatic carbocycles. The zero-order chi connectivity index (χ0) is 45.6. The molecule has 3 heterocycles. The fourth-order valence-corrected chi connectivity index (χ4v) is 7.91. The highest BCUT2D eigenvalue weighted by Crippen LogP contribution is 2.39. The van der Waals surface area contributed by atoms with Crippen LogP contribution in [0.25, 0.3) is 78.5 Å². The Balaban J connectivity index is 1.31. The molecule has 5 heteroatoms. The summed E-state index contributed by atoms with van der Waals surface area (Å²) in [5.41, 5.74) is 18.4. The van der Waals surface area contributed by atoms with Gasteiger partial charge < -0.3 is 0 Å². The molecule has 0 saturated heterocycles. The number of hydrogen-bond donors (Lipinski definition) is 0. The number of rotatable bonds is 7. The summed E-state index contributed by atoms with van der Waals surface area (Å²) in [4.78, 5) is 24.1. The van der Waals surface area contributed by atoms with E-state index in [1.165, 1.54) is 38.9 Å². The van der Waals surface area contributed by atoms with E-state index in [1.807, 2.05) is 18.5 Å². The molecule has 64 heavy (non-hydrogen) atoms. The lowest BCUT2D eigenvalue weighted by molar-refractivity contribution is 0.568. The Morgan fingerprint density at radius 2 is 0.688 bits per heavy atom. The zero-order valence-corrected chi connectivity index (χ0v) is 39.7. The average Bonchev–Trinajstić information content (AvgIpc) is 3.28. The first-order valence-corrected chi connectivity index (χ1v) is 22.4. The highest BCUT2D eigenvalue weighted by Gasteiger charge is 2.24. The minimum Gasteiger partial charge on any atom is -0.264 e. The first-order chi connectivity index (χ1) is 30.2. The number of pyridine rings is 1. The third kappa shape index (κ3) is 9.80. The molecule has 0 aliphatic rings. The maximum atomic E-state index is 5.40. The third-order valence-electron chi connectivity index (χ3n) is 12.1. The first-order valence-electron chi connectivity index (χ1n) is 22.4. The molecule has 3 aromatic heterocycles. The fraction of sp³-hybridized carbons (Fsp3) is 0.271. The molecular weight excluding hydrogens is 779 g/mol. The van der Waals surface area contributed by atoms with E-state index < -0.39 is 0 Å². The smallest absolute Gasteiger partial charge is 0.160 e. The summed E-state index contributed by atoms with van der Waals surface area (Å²) in [6, 6.07) is 44.4. The Morgan fingerprint density at radius 3 is 1.11 bits per heavy atom. The second-order valence-electron chi connectivity index (χ2n) is 21.3. The topological polar surface area (TPSA) is 64.5 Å². The first kappa shape index (κ1) is 44.0. The average molecular weight is 840 g/mol. The van der Waals surface area contributed by atoms with Gasteiger partial charge in [0.1, 0.15) is 0 Å². The predicted octanol–water partition coefficient (Wildman–Crippen LogP) is 15.5. The standard InChI is InChI=1S/C59H61N5/c1-56(2,3)48-29-45(30-49(33-48)57(4,5)6)38-15-17-39(18-16-38)52-35-53(40-19-21-41(22-20-40)54-37-61-24-25-62-54)64-55(63-52)47-27-43(42-14-13-23-60-36-42)26-44(28-47)46-31-50(58(7,8)9)34-51(32-46)59(10,11)12/h13-37H,1-12H3. The van der Waals surface area contributed by atoms with Crippen molar-refractivity contribution in [2.45, 2.75) is 105 Å². The van der Waals surface area contributed by atoms with Gasteiger partial charge in [-0.3, -0.25) is 15.0 Å². The van der Waals surface area contributed by atoms with Crippen molar-refractivity contribution in [2.24, 2.45) is 0 Å². The molecule has 0 radical (unpaired) electrons. The fourth-order valence-electron chi connectivity index (χ4n) is 7.91. The SMILES string of the molecule is CC(C)(C)c1cc(-c2ccc(-c3cc(-c4ccc(-c5cnccn5)cc4)nc(-c4cc(-c5cccnc5)cc(-c5cc(C(C)(C)C)cc(C(C)(C)C)c5)c4)n3)cc2)cc(C(C)(C)C)c1. The second-order valence-corrected chi connectivity index (χ2v) is 21.3. The van der Waals surface area contributed by atoms with Crippen LogP contribution in [0.1, 0.15) is 105 Å². The molecule has 0 spiro atoms. The highest BCUT2D eigenvalue weighted by molar-refractivity contribution is 5.82. The van der Waals surface area contributed by atoms with Crippen LogP contribution >= 0.6 is 0 Å². The van der Waals surface area contributed by atoms with E-state index >= 15 is 0 Å². The lowest BCUT2D eigenvalue weighted by atomic mass is 9.78. The molecule has 5 aromatic carbocycles. The number of hydrogen-bond acceptors (Lipinski definition) is 5. The normalized spacial score (nSPS) is 12.4. The van der Waals surface area contributed by atoms with Gasteiger partial charge in [0.2, 0.25) is 0 Å². The largest absolute Gasteiger partial charge is 0.264 e. The molecule has 0 N–H and O–H groups in total. The van der Waals surface area contributed by atoms with E-state index in [0.29, 0.717) is 5.82 Å². The molecule has 0 saturated carbocycles. The van der Waals surface area contributed by atoms with Crippen molar-refractivity contribution in [3.05, 3.63) is 175 Å². The van der Waals surface area contributed by atoms with Gasteiger partial charge in [0.15, 0.2) is 5.82 Å². The molecule has 0 bridgehead atoms. The van der Waals surface area contributed by atoms with Crippen molar-refractivity contribution < 1.29 is 0 Å². The monoisotopic (exact) mass is 839 g/mol. The van der Waals surface area contributed by atoms with Crippen molar-refractivity contribution in [1.29, 1.82) is 0 Å². The van der Waals surface area contributed by atoms with Crippen LogP contribution < -0.4 is 0 Å². The maximum Gasteiger partial charge on any atom is 0.160 e. The predicted molar refractivity (Wildman–Crippen MR) is 268 cm³/mol. The molecule has 5 nitrogen and oxygen atoms in total. The van der Waals surface area contributed by atoms with Gasteiger partial charge in [-0.1, -0.05) is 174 Å². The number of aromatic nitrogens is 5. The molecule has 322 valence electrons. The van der Waals surface area contributed by atoms with Crippen LogP contribution in [0.5, 0.6) is 0 Å². The molecule has 8 aromatic rings. The Labute approximate surface area is 381 Å². The van der Waals surface area contributed by atoms with Crippen molar-refractivity contribution in [1.82, 2.24) is 24.9 Å². The van der Waals surface area contributed by atoms with Crippen molar-refractivity contribution in [2.75, 3.05) is 0 Å². The molecule has 0 amide bonds. The summed E-state index contributed by atoms with van der Waals surface area (Å²) in [7, 11) is 0. The van der Waals surface area contributed by atoms with Gasteiger partial charge in [0.25, 0.3) is 0 Å². The Morgan fingerprint density at radius 1 is 0.297 bits per heavy atom. The van der Waals surface area contributed by atoms with Crippen LogP contribution in [-0.4, -0.2) is 24.9 Å². The molecule has 0 fully saturated rings. The summed E-state index contributed by atoms with van der Waals surface area (Å²) in [6.45, 7) is 27.5. The van der Waals surface area contributed by atoms with Crippen molar-refractivity contribution >= 4 is 0 Å². The second kappa shape index (κ2) is 16.8. The van der Waals surface area contributed by atoms with E-state index in [-0.39, 0.29) is 21.7 Å². The summed E-state index contributed by atoms with van der Waals surface area (Å²) >= 11 is 0. The summed E-state index contributed by atoms with van der Waals surface area (Å²) in [5, 5.41) is 0. The quantitative estimate of drug-likeness (QED) is 0.160. The van der Waals surface area contributed by atoms with Crippen LogP contribution in [0.3, 0.4) is 0 Å². The number of nitrogens with zero attached hydrogens (tertiary/aromatic N) is 5. The van der Waals surface area contributed by atoms with Gasteiger partial charge in [-0.25, -0.2) is 9.97 Å². The minimum atomic E-state index is -0.0331. The van der Waals surface area contributed by atoms with Gasteiger partial charge >= 0.3 is 0 Å². The molecule has 0 unspecified atom stereocenters. The highest BCUT2D eigenvalue weighted by atomic mass is 14.9. The van der Waals surface area contributed by atoms with Gasteiger partial charge in [-0.05, 0) is 102 Å². The third-order valence-corrected chi connectivity index (χ3v) is 12.1. The molecule has 8 rings (SSSR count). The molecular formula is C59H61N5. The van der Waals surface area contributed by atoms with E-state index in [0.717, 1.165) is 56.0 Å². The van der Waals surface area contributed by atoms with Crippen molar-refractivity contribution in [3.63, 3.8) is 0 Å². The van der Waals surface area contributed by atoms with Crippen LogP contribution in [0, 0.1) is 0 Å². The summed E-state index contributed by atoms with van der Waals surface area (Å²) in [6.07, 6.45) is 8.96. The summed E-state index contributed by atoms with van der Waals surface area (Å²) < 4.78 is 0. The Kier molecular flexibility index (Phi) is 11.6. The van der Waals surface area contributed by atoms with Crippen LogP contribution in [0.15, 0.2) is 152 Å². The van der Waals surface area contributed by atoms with E-state index in [2.05, 4.69) is 213 Å². The molecule has 0 atom stereocenters. The maximum absolute atomic E-state index is 5.40. The summed E-state index contributed by atoms with van der Waals surface area (Å²) in [5.74, 6) is 0.650.